The van der Waals surface area contributed by atoms with E-state index in [1.54, 1.807) is 12.2 Å². The van der Waals surface area contributed by atoms with Crippen molar-refractivity contribution in [3.05, 3.63) is 89.4 Å². The van der Waals surface area contributed by atoms with E-state index < -0.39 is 0 Å². The van der Waals surface area contributed by atoms with E-state index in [2.05, 4.69) is 35.2 Å². The Morgan fingerprint density at radius 1 is 1.00 bits per heavy atom. The van der Waals surface area contributed by atoms with Crippen LogP contribution in [0, 0.1) is 17.9 Å². The van der Waals surface area contributed by atoms with E-state index in [1.807, 2.05) is 36.4 Å². The molecule has 0 aromatic heterocycles. The molecule has 0 fully saturated rings. The van der Waals surface area contributed by atoms with Gasteiger partial charge in [0, 0.05) is 0 Å². The number of rotatable bonds is 2. The minimum atomic E-state index is 0.0841. The van der Waals surface area contributed by atoms with Gasteiger partial charge in [-0.05, 0) is 39.3 Å². The van der Waals surface area contributed by atoms with Crippen molar-refractivity contribution in [2.24, 2.45) is 0 Å². The van der Waals surface area contributed by atoms with Crippen molar-refractivity contribution in [3.8, 4) is 6.07 Å². The van der Waals surface area contributed by atoms with Crippen LogP contribution in [0.25, 0.3) is 32.5 Å². The van der Waals surface area contributed by atoms with Crippen molar-refractivity contribution >= 4 is 27.6 Å². The zero-order chi connectivity index (χ0) is 15.4. The lowest BCUT2D eigenvalue weighted by Gasteiger charge is -2.08. The molecule has 3 aromatic carbocycles. The van der Waals surface area contributed by atoms with Crippen LogP contribution in [-0.4, -0.2) is 0 Å². The molecule has 102 valence electrons. The minimum Gasteiger partial charge on any atom is -0.227 e. The van der Waals surface area contributed by atoms with E-state index in [4.69, 9.17) is 11.8 Å². The molecule has 0 heterocycles. The molecular weight excluding hydrogens is 268 g/mol. The first-order valence-electron chi connectivity index (χ1n) is 6.90. The highest BCUT2D eigenvalue weighted by Gasteiger charge is 2.04. The Hall–Kier alpha value is -3.36. The molecule has 0 bridgehead atoms. The first-order valence-corrected chi connectivity index (χ1v) is 6.90. The Bertz CT molecular complexity index is 926. The van der Waals surface area contributed by atoms with Crippen molar-refractivity contribution in [1.82, 2.24) is 0 Å². The molecular formula is C20H12N2. The maximum absolute atomic E-state index is 8.80. The molecule has 0 aliphatic heterocycles. The molecule has 0 saturated carbocycles. The third-order valence-corrected chi connectivity index (χ3v) is 3.56. The topological polar surface area (TPSA) is 28.1 Å². The summed E-state index contributed by atoms with van der Waals surface area (Å²) in [7, 11) is 0. The summed E-state index contributed by atoms with van der Waals surface area (Å²) in [5, 5.41) is 13.5. The van der Waals surface area contributed by atoms with Crippen LogP contribution in [0.2, 0.25) is 0 Å². The zero-order valence-corrected chi connectivity index (χ0v) is 11.8. The van der Waals surface area contributed by atoms with Gasteiger partial charge in [-0.3, -0.25) is 0 Å². The number of nitriles is 1. The number of fused-ring (bicyclic) bond motifs is 2. The molecule has 0 radical (unpaired) electrons. The molecule has 22 heavy (non-hydrogen) atoms. The smallest absolute Gasteiger partial charge is 0.227 e. The molecule has 3 aromatic rings. The summed E-state index contributed by atoms with van der Waals surface area (Å²) in [6, 6.07) is 20.5. The second kappa shape index (κ2) is 5.95. The van der Waals surface area contributed by atoms with Crippen LogP contribution >= 0.6 is 0 Å². The van der Waals surface area contributed by atoms with Crippen LogP contribution in [0.3, 0.4) is 0 Å². The first kappa shape index (κ1) is 13.6. The molecule has 0 atom stereocenters. The van der Waals surface area contributed by atoms with E-state index in [-0.39, 0.29) is 5.70 Å². The van der Waals surface area contributed by atoms with Gasteiger partial charge in [-0.2, -0.15) is 0 Å². The molecule has 0 aliphatic carbocycles. The highest BCUT2D eigenvalue weighted by Crippen LogP contribution is 2.29. The van der Waals surface area contributed by atoms with Gasteiger partial charge in [0.15, 0.2) is 0 Å². The van der Waals surface area contributed by atoms with Crippen LogP contribution in [0.15, 0.2) is 72.4 Å². The molecule has 2 heteroatoms. The standard InChI is InChI=1S/C20H12N2/c1-22-17(14-21)9-6-12-20-18-10-4-2-7-15(18)13-16-8-3-5-11-19(16)20/h2-13H/b12-6-,17-9+. The van der Waals surface area contributed by atoms with Crippen molar-refractivity contribution in [1.29, 1.82) is 5.26 Å². The quantitative estimate of drug-likeness (QED) is 0.270. The van der Waals surface area contributed by atoms with Gasteiger partial charge in [-0.15, -0.1) is 0 Å². The monoisotopic (exact) mass is 280 g/mol. The third kappa shape index (κ3) is 2.46. The number of hydrogen-bond acceptors (Lipinski definition) is 1. The van der Waals surface area contributed by atoms with Crippen LogP contribution in [-0.2, 0) is 0 Å². The Kier molecular flexibility index (Phi) is 3.69. The molecule has 3 rings (SSSR count). The second-order valence-electron chi connectivity index (χ2n) is 4.87. The van der Waals surface area contributed by atoms with Crippen LogP contribution in [0.5, 0.6) is 0 Å². The van der Waals surface area contributed by atoms with Gasteiger partial charge in [0.05, 0.1) is 12.6 Å². The lowest BCUT2D eigenvalue weighted by Crippen LogP contribution is -1.83. The third-order valence-electron chi connectivity index (χ3n) is 3.56. The van der Waals surface area contributed by atoms with E-state index in [0.29, 0.717) is 0 Å². The van der Waals surface area contributed by atoms with Gasteiger partial charge in [0.2, 0.25) is 0 Å². The van der Waals surface area contributed by atoms with Gasteiger partial charge in [-0.25, -0.2) is 10.1 Å². The Morgan fingerprint density at radius 2 is 1.59 bits per heavy atom. The fourth-order valence-corrected chi connectivity index (χ4v) is 2.56. The maximum Gasteiger partial charge on any atom is 0.261 e. The number of allylic oxidation sites excluding steroid dienone is 3. The predicted octanol–water partition coefficient (Wildman–Crippen LogP) is 5.33. The average Bonchev–Trinajstić information content (AvgIpc) is 2.58. The largest absolute Gasteiger partial charge is 0.261 e. The number of benzene rings is 3. The van der Waals surface area contributed by atoms with Gasteiger partial charge in [-0.1, -0.05) is 60.7 Å². The summed E-state index contributed by atoms with van der Waals surface area (Å²) in [4.78, 5) is 3.16. The zero-order valence-electron chi connectivity index (χ0n) is 11.8. The molecule has 0 amide bonds. The average molecular weight is 280 g/mol. The van der Waals surface area contributed by atoms with Crippen molar-refractivity contribution < 1.29 is 0 Å². The lowest BCUT2D eigenvalue weighted by atomic mass is 9.96. The minimum absolute atomic E-state index is 0.0841. The maximum atomic E-state index is 8.80. The predicted molar refractivity (Wildman–Crippen MR) is 90.8 cm³/mol. The van der Waals surface area contributed by atoms with E-state index in [9.17, 15) is 0 Å². The van der Waals surface area contributed by atoms with Crippen LogP contribution < -0.4 is 0 Å². The summed E-state index contributed by atoms with van der Waals surface area (Å²) in [5.41, 5.74) is 1.19. The van der Waals surface area contributed by atoms with Crippen molar-refractivity contribution in [3.63, 3.8) is 0 Å². The number of hydrogen-bond donors (Lipinski definition) is 0. The summed E-state index contributed by atoms with van der Waals surface area (Å²) in [6.07, 6.45) is 5.28. The summed E-state index contributed by atoms with van der Waals surface area (Å²) in [5.74, 6) is 0. The van der Waals surface area contributed by atoms with Gasteiger partial charge >= 0.3 is 0 Å². The number of nitrogens with zero attached hydrogens (tertiary/aromatic N) is 2. The normalized spacial score (nSPS) is 11.6. The SMILES string of the molecule is [C-]#[N+]/C(C#N)=C/C=C\c1c2ccccc2cc2ccccc12. The lowest BCUT2D eigenvalue weighted by molar-refractivity contribution is 1.50. The molecule has 0 unspecified atom stereocenters. The summed E-state index contributed by atoms with van der Waals surface area (Å²) >= 11 is 0. The summed E-state index contributed by atoms with van der Waals surface area (Å²) in [6.45, 7) is 6.91. The first-order chi connectivity index (χ1) is 10.8. The Balaban J connectivity index is 2.26. The fourth-order valence-electron chi connectivity index (χ4n) is 2.56. The summed E-state index contributed by atoms with van der Waals surface area (Å²) < 4.78 is 0. The fraction of sp³-hybridized carbons (Fsp3) is 0. The van der Waals surface area contributed by atoms with Crippen LogP contribution in [0.1, 0.15) is 5.56 Å². The van der Waals surface area contributed by atoms with Crippen LogP contribution in [0.4, 0.5) is 0 Å². The van der Waals surface area contributed by atoms with Crippen molar-refractivity contribution in [2.45, 2.75) is 0 Å². The van der Waals surface area contributed by atoms with E-state index in [1.165, 1.54) is 10.8 Å². The molecule has 0 saturated heterocycles. The molecule has 0 aliphatic rings. The highest BCUT2D eigenvalue weighted by molar-refractivity contribution is 6.06. The highest BCUT2D eigenvalue weighted by atomic mass is 14.7. The molecule has 2 nitrogen and oxygen atoms in total. The molecule has 0 spiro atoms. The second-order valence-corrected chi connectivity index (χ2v) is 4.87. The Labute approximate surface area is 129 Å². The van der Waals surface area contributed by atoms with E-state index >= 15 is 0 Å². The van der Waals surface area contributed by atoms with E-state index in [0.717, 1.165) is 16.3 Å². The van der Waals surface area contributed by atoms with Gasteiger partial charge in [0.1, 0.15) is 0 Å². The molecule has 0 N–H and O–H groups in total. The van der Waals surface area contributed by atoms with Crippen molar-refractivity contribution in [2.75, 3.05) is 0 Å². The van der Waals surface area contributed by atoms with Gasteiger partial charge < -0.3 is 0 Å². The Morgan fingerprint density at radius 3 is 2.14 bits per heavy atom. The van der Waals surface area contributed by atoms with Gasteiger partial charge in [0.25, 0.3) is 5.70 Å².